The van der Waals surface area contributed by atoms with Crippen molar-refractivity contribution in [1.82, 2.24) is 4.98 Å². The van der Waals surface area contributed by atoms with Gasteiger partial charge in [-0.1, -0.05) is 6.07 Å². The SMILES string of the molecule is Cl.Cl.NC(CO)(CO)Cc1ccccn1. The lowest BCUT2D eigenvalue weighted by Crippen LogP contribution is -2.49. The van der Waals surface area contributed by atoms with Crippen LogP contribution < -0.4 is 5.73 Å². The first-order valence-corrected chi connectivity index (χ1v) is 4.11. The topological polar surface area (TPSA) is 79.4 Å². The minimum Gasteiger partial charge on any atom is -0.394 e. The predicted octanol–water partition coefficient (Wildman–Crippen LogP) is 0.150. The maximum Gasteiger partial charge on any atom is 0.0679 e. The number of pyridine rings is 1. The van der Waals surface area contributed by atoms with Gasteiger partial charge in [-0.25, -0.2) is 0 Å². The molecule has 0 aliphatic carbocycles. The summed E-state index contributed by atoms with van der Waals surface area (Å²) in [6.07, 6.45) is 2.03. The van der Waals surface area contributed by atoms with Gasteiger partial charge in [0, 0.05) is 18.3 Å². The summed E-state index contributed by atoms with van der Waals surface area (Å²) in [7, 11) is 0. The Morgan fingerprint density at radius 2 is 1.80 bits per heavy atom. The van der Waals surface area contributed by atoms with Crippen LogP contribution in [0.1, 0.15) is 5.69 Å². The third kappa shape index (κ3) is 5.30. The monoisotopic (exact) mass is 254 g/mol. The molecule has 0 fully saturated rings. The van der Waals surface area contributed by atoms with Gasteiger partial charge in [-0.05, 0) is 12.1 Å². The van der Waals surface area contributed by atoms with E-state index in [0.29, 0.717) is 6.42 Å². The fourth-order valence-corrected chi connectivity index (χ4v) is 1.03. The van der Waals surface area contributed by atoms with E-state index in [0.717, 1.165) is 5.69 Å². The average molecular weight is 255 g/mol. The normalized spacial score (nSPS) is 10.1. The molecule has 0 radical (unpaired) electrons. The zero-order valence-electron chi connectivity index (χ0n) is 8.17. The highest BCUT2D eigenvalue weighted by Crippen LogP contribution is 2.07. The number of halogens is 2. The number of nitrogens with zero attached hydrogens (tertiary/aromatic N) is 1. The quantitative estimate of drug-likeness (QED) is 0.715. The lowest BCUT2D eigenvalue weighted by molar-refractivity contribution is 0.120. The molecule has 6 heteroatoms. The van der Waals surface area contributed by atoms with Crippen LogP contribution in [-0.4, -0.2) is 33.9 Å². The number of hydrogen-bond donors (Lipinski definition) is 3. The van der Waals surface area contributed by atoms with Crippen molar-refractivity contribution in [3.63, 3.8) is 0 Å². The van der Waals surface area contributed by atoms with E-state index < -0.39 is 5.54 Å². The molecule has 15 heavy (non-hydrogen) atoms. The Bertz CT molecular complexity index is 256. The Morgan fingerprint density at radius 3 is 2.20 bits per heavy atom. The van der Waals surface area contributed by atoms with E-state index in [4.69, 9.17) is 15.9 Å². The molecule has 0 aliphatic rings. The third-order valence-electron chi connectivity index (χ3n) is 1.89. The number of aliphatic hydroxyl groups excluding tert-OH is 2. The molecule has 0 saturated carbocycles. The van der Waals surface area contributed by atoms with Crippen LogP contribution in [0.2, 0.25) is 0 Å². The van der Waals surface area contributed by atoms with E-state index >= 15 is 0 Å². The maximum absolute atomic E-state index is 8.93. The van der Waals surface area contributed by atoms with Gasteiger partial charge in [-0.15, -0.1) is 24.8 Å². The molecule has 88 valence electrons. The minimum atomic E-state index is -0.964. The van der Waals surface area contributed by atoms with Crippen molar-refractivity contribution in [2.24, 2.45) is 5.73 Å². The van der Waals surface area contributed by atoms with Crippen molar-refractivity contribution >= 4 is 24.8 Å². The number of hydrogen-bond acceptors (Lipinski definition) is 4. The summed E-state index contributed by atoms with van der Waals surface area (Å²) >= 11 is 0. The second kappa shape index (κ2) is 7.84. The van der Waals surface area contributed by atoms with Gasteiger partial charge in [-0.3, -0.25) is 4.98 Å². The third-order valence-corrected chi connectivity index (χ3v) is 1.89. The van der Waals surface area contributed by atoms with Crippen molar-refractivity contribution < 1.29 is 10.2 Å². The summed E-state index contributed by atoms with van der Waals surface area (Å²) < 4.78 is 0. The van der Waals surface area contributed by atoms with Crippen molar-refractivity contribution in [3.8, 4) is 0 Å². The Hall–Kier alpha value is -0.390. The predicted molar refractivity (Wildman–Crippen MR) is 63.5 cm³/mol. The molecule has 0 spiro atoms. The van der Waals surface area contributed by atoms with Gasteiger partial charge in [0.1, 0.15) is 0 Å². The molecule has 0 bridgehead atoms. The zero-order chi connectivity index (χ0) is 9.73. The van der Waals surface area contributed by atoms with Crippen LogP contribution in [0.5, 0.6) is 0 Å². The molecular formula is C9H16Cl2N2O2. The van der Waals surface area contributed by atoms with E-state index in [1.807, 2.05) is 12.1 Å². The first-order chi connectivity index (χ1) is 6.20. The van der Waals surface area contributed by atoms with Gasteiger partial charge in [0.2, 0.25) is 0 Å². The molecule has 0 aliphatic heterocycles. The molecule has 4 nitrogen and oxygen atoms in total. The Morgan fingerprint density at radius 1 is 1.20 bits per heavy atom. The number of rotatable bonds is 4. The van der Waals surface area contributed by atoms with E-state index in [-0.39, 0.29) is 38.0 Å². The molecule has 0 amide bonds. The lowest BCUT2D eigenvalue weighted by atomic mass is 9.96. The summed E-state index contributed by atoms with van der Waals surface area (Å²) in [5, 5.41) is 17.9. The van der Waals surface area contributed by atoms with Crippen LogP contribution in [0.3, 0.4) is 0 Å². The van der Waals surface area contributed by atoms with Crippen LogP contribution in [0.4, 0.5) is 0 Å². The number of aromatic nitrogens is 1. The summed E-state index contributed by atoms with van der Waals surface area (Å²) in [4.78, 5) is 4.06. The highest BCUT2D eigenvalue weighted by molar-refractivity contribution is 5.85. The van der Waals surface area contributed by atoms with E-state index in [1.54, 1.807) is 12.3 Å². The van der Waals surface area contributed by atoms with Crippen molar-refractivity contribution in [1.29, 1.82) is 0 Å². The van der Waals surface area contributed by atoms with E-state index in [1.165, 1.54) is 0 Å². The summed E-state index contributed by atoms with van der Waals surface area (Å²) in [5.41, 5.74) is 5.50. The Kier molecular flexibility index (Phi) is 8.90. The number of aliphatic hydroxyl groups is 2. The molecule has 0 aromatic carbocycles. The summed E-state index contributed by atoms with van der Waals surface area (Å²) in [5.74, 6) is 0. The summed E-state index contributed by atoms with van der Waals surface area (Å²) in [6.45, 7) is -0.500. The smallest absolute Gasteiger partial charge is 0.0679 e. The maximum atomic E-state index is 8.93. The van der Waals surface area contributed by atoms with Gasteiger partial charge in [0.25, 0.3) is 0 Å². The molecule has 0 unspecified atom stereocenters. The second-order valence-electron chi connectivity index (χ2n) is 3.18. The van der Waals surface area contributed by atoms with Crippen LogP contribution in [0.25, 0.3) is 0 Å². The minimum absolute atomic E-state index is 0. The largest absolute Gasteiger partial charge is 0.394 e. The fraction of sp³-hybridized carbons (Fsp3) is 0.444. The first-order valence-electron chi connectivity index (χ1n) is 4.11. The van der Waals surface area contributed by atoms with Gasteiger partial charge in [-0.2, -0.15) is 0 Å². The molecule has 1 aromatic heterocycles. The van der Waals surface area contributed by atoms with E-state index in [9.17, 15) is 0 Å². The van der Waals surface area contributed by atoms with Gasteiger partial charge >= 0.3 is 0 Å². The van der Waals surface area contributed by atoms with Crippen LogP contribution in [-0.2, 0) is 6.42 Å². The van der Waals surface area contributed by atoms with Gasteiger partial charge in [0.05, 0.1) is 18.8 Å². The molecule has 4 N–H and O–H groups in total. The highest BCUT2D eigenvalue weighted by Gasteiger charge is 2.23. The van der Waals surface area contributed by atoms with Crippen molar-refractivity contribution in [3.05, 3.63) is 30.1 Å². The van der Waals surface area contributed by atoms with Crippen LogP contribution in [0, 0.1) is 0 Å². The Labute approximate surface area is 101 Å². The lowest BCUT2D eigenvalue weighted by Gasteiger charge is -2.23. The Balaban J connectivity index is 0. The molecular weight excluding hydrogens is 239 g/mol. The molecule has 0 atom stereocenters. The van der Waals surface area contributed by atoms with Crippen LogP contribution >= 0.6 is 24.8 Å². The highest BCUT2D eigenvalue weighted by atomic mass is 35.5. The molecule has 1 aromatic rings. The molecule has 1 heterocycles. The fourth-order valence-electron chi connectivity index (χ4n) is 1.03. The van der Waals surface area contributed by atoms with Crippen molar-refractivity contribution in [2.45, 2.75) is 12.0 Å². The standard InChI is InChI=1S/C9H14N2O2.2ClH/c10-9(6-12,7-13)5-8-3-1-2-4-11-8;;/h1-4,12-13H,5-7,10H2;2*1H. The second-order valence-corrected chi connectivity index (χ2v) is 3.18. The molecule has 0 saturated heterocycles. The van der Waals surface area contributed by atoms with Gasteiger partial charge < -0.3 is 15.9 Å². The first kappa shape index (κ1) is 17.0. The average Bonchev–Trinajstić information content (AvgIpc) is 2.19. The number of nitrogens with two attached hydrogens (primary N) is 1. The van der Waals surface area contributed by atoms with E-state index in [2.05, 4.69) is 4.98 Å². The van der Waals surface area contributed by atoms with Crippen LogP contribution in [0.15, 0.2) is 24.4 Å². The molecule has 1 rings (SSSR count). The van der Waals surface area contributed by atoms with Gasteiger partial charge in [0.15, 0.2) is 0 Å². The summed E-state index contributed by atoms with van der Waals surface area (Å²) in [6, 6.07) is 5.46. The van der Waals surface area contributed by atoms with Crippen molar-refractivity contribution in [2.75, 3.05) is 13.2 Å². The zero-order valence-corrected chi connectivity index (χ0v) is 9.80.